The molecule has 9 heteroatoms. The second-order valence-corrected chi connectivity index (χ2v) is 3.94. The molecule has 0 bridgehead atoms. The van der Waals surface area contributed by atoms with Crippen LogP contribution in [-0.4, -0.2) is 25.9 Å². The number of non-ortho nitro benzene ring substituents is 1. The third kappa shape index (κ3) is 2.47. The Kier molecular flexibility index (Phi) is 3.71. The largest absolute Gasteiger partial charge is 0.330 e. The zero-order valence-electron chi connectivity index (χ0n) is 10.3. The van der Waals surface area contributed by atoms with E-state index in [0.29, 0.717) is 18.8 Å². The lowest BCUT2D eigenvalue weighted by molar-refractivity contribution is -0.394. The lowest BCUT2D eigenvalue weighted by atomic mass is 10.2. The molecule has 0 aliphatic carbocycles. The molecule has 2 N–H and O–H groups in total. The van der Waals surface area contributed by atoms with Crippen LogP contribution in [0.1, 0.15) is 5.82 Å². The van der Waals surface area contributed by atoms with E-state index < -0.39 is 9.85 Å². The number of nitrogens with zero attached hydrogens (tertiary/aromatic N) is 4. The van der Waals surface area contributed by atoms with Crippen molar-refractivity contribution in [2.75, 3.05) is 6.54 Å². The van der Waals surface area contributed by atoms with Gasteiger partial charge in [0.1, 0.15) is 11.5 Å². The fourth-order valence-electron chi connectivity index (χ4n) is 1.84. The van der Waals surface area contributed by atoms with E-state index in [0.717, 1.165) is 6.07 Å². The molecule has 0 amide bonds. The van der Waals surface area contributed by atoms with E-state index >= 15 is 0 Å². The minimum absolute atomic E-state index is 0.224. The summed E-state index contributed by atoms with van der Waals surface area (Å²) in [7, 11) is 0. The van der Waals surface area contributed by atoms with Gasteiger partial charge in [-0.1, -0.05) is 0 Å². The van der Waals surface area contributed by atoms with Gasteiger partial charge in [0.15, 0.2) is 0 Å². The summed E-state index contributed by atoms with van der Waals surface area (Å²) in [5.74, 6) is 0.560. The second kappa shape index (κ2) is 5.45. The van der Waals surface area contributed by atoms with Crippen LogP contribution in [0.25, 0.3) is 5.69 Å². The van der Waals surface area contributed by atoms with Crippen LogP contribution in [0.4, 0.5) is 11.4 Å². The van der Waals surface area contributed by atoms with Gasteiger partial charge < -0.3 is 5.73 Å². The smallest absolute Gasteiger partial charge is 0.300 e. The number of rotatable bonds is 5. The van der Waals surface area contributed by atoms with Crippen molar-refractivity contribution in [1.82, 2.24) is 9.55 Å². The minimum atomic E-state index is -0.675. The van der Waals surface area contributed by atoms with Gasteiger partial charge in [-0.3, -0.25) is 24.8 Å². The van der Waals surface area contributed by atoms with Crippen LogP contribution in [0, 0.1) is 20.2 Å². The Hall–Kier alpha value is -2.81. The van der Waals surface area contributed by atoms with E-state index in [4.69, 9.17) is 5.73 Å². The zero-order valence-corrected chi connectivity index (χ0v) is 10.3. The van der Waals surface area contributed by atoms with E-state index in [1.54, 1.807) is 6.20 Å². The van der Waals surface area contributed by atoms with Crippen LogP contribution in [0.2, 0.25) is 0 Å². The number of hydrogen-bond acceptors (Lipinski definition) is 6. The molecule has 0 saturated heterocycles. The van der Waals surface area contributed by atoms with Crippen LogP contribution < -0.4 is 5.73 Å². The van der Waals surface area contributed by atoms with E-state index in [9.17, 15) is 20.2 Å². The van der Waals surface area contributed by atoms with Crippen molar-refractivity contribution < 1.29 is 9.85 Å². The lowest BCUT2D eigenvalue weighted by Gasteiger charge is -2.07. The zero-order chi connectivity index (χ0) is 14.7. The quantitative estimate of drug-likeness (QED) is 0.645. The number of aromatic nitrogens is 2. The summed E-state index contributed by atoms with van der Waals surface area (Å²) in [6.45, 7) is 0.345. The SMILES string of the molecule is NCCc1nccn1-c1ccc([N+](=O)[O-])cc1[N+](=O)[O-]. The van der Waals surface area contributed by atoms with Gasteiger partial charge in [-0.15, -0.1) is 0 Å². The number of nitro groups is 2. The van der Waals surface area contributed by atoms with E-state index in [1.807, 2.05) is 0 Å². The fraction of sp³-hybridized carbons (Fsp3) is 0.182. The molecule has 0 aliphatic heterocycles. The third-order valence-electron chi connectivity index (χ3n) is 2.71. The predicted octanol–water partition coefficient (Wildman–Crippen LogP) is 1.19. The van der Waals surface area contributed by atoms with Crippen molar-refractivity contribution in [3.8, 4) is 5.69 Å². The highest BCUT2D eigenvalue weighted by molar-refractivity contribution is 5.58. The highest BCUT2D eigenvalue weighted by Crippen LogP contribution is 2.28. The summed E-state index contributed by atoms with van der Waals surface area (Å²) < 4.78 is 1.51. The lowest BCUT2D eigenvalue weighted by Crippen LogP contribution is -2.10. The molecule has 0 aliphatic rings. The molecular weight excluding hydrogens is 266 g/mol. The maximum absolute atomic E-state index is 11.1. The average Bonchev–Trinajstić information content (AvgIpc) is 2.86. The normalized spacial score (nSPS) is 10.4. The summed E-state index contributed by atoms with van der Waals surface area (Å²) in [5, 5.41) is 21.8. The van der Waals surface area contributed by atoms with Crippen molar-refractivity contribution >= 4 is 11.4 Å². The van der Waals surface area contributed by atoms with Crippen LogP contribution in [-0.2, 0) is 6.42 Å². The van der Waals surface area contributed by atoms with E-state index in [2.05, 4.69) is 4.98 Å². The van der Waals surface area contributed by atoms with Gasteiger partial charge in [-0.2, -0.15) is 0 Å². The molecule has 2 rings (SSSR count). The van der Waals surface area contributed by atoms with Gasteiger partial charge in [0.25, 0.3) is 11.4 Å². The summed E-state index contributed by atoms with van der Waals surface area (Å²) >= 11 is 0. The Morgan fingerprint density at radius 3 is 2.60 bits per heavy atom. The Morgan fingerprint density at radius 2 is 2.00 bits per heavy atom. The molecule has 9 nitrogen and oxygen atoms in total. The predicted molar refractivity (Wildman–Crippen MR) is 69.6 cm³/mol. The Bertz CT molecular complexity index is 667. The summed E-state index contributed by atoms with van der Waals surface area (Å²) in [4.78, 5) is 24.5. The molecule has 0 atom stereocenters. The highest BCUT2D eigenvalue weighted by atomic mass is 16.6. The van der Waals surface area contributed by atoms with Crippen molar-refractivity contribution in [2.24, 2.45) is 5.73 Å². The van der Waals surface area contributed by atoms with Crippen LogP contribution >= 0.6 is 0 Å². The number of benzene rings is 1. The monoisotopic (exact) mass is 277 g/mol. The topological polar surface area (TPSA) is 130 Å². The molecule has 1 heterocycles. The van der Waals surface area contributed by atoms with E-state index in [-0.39, 0.29) is 17.1 Å². The number of nitrogens with two attached hydrogens (primary N) is 1. The molecule has 104 valence electrons. The Balaban J connectivity index is 2.58. The van der Waals surface area contributed by atoms with Gasteiger partial charge in [0, 0.05) is 24.9 Å². The molecule has 2 aromatic rings. The summed E-state index contributed by atoms with van der Waals surface area (Å²) in [5.41, 5.74) is 4.99. The number of hydrogen-bond donors (Lipinski definition) is 1. The van der Waals surface area contributed by atoms with Crippen LogP contribution in [0.5, 0.6) is 0 Å². The molecule has 0 spiro atoms. The first-order chi connectivity index (χ1) is 9.54. The third-order valence-corrected chi connectivity index (χ3v) is 2.71. The summed E-state index contributed by atoms with van der Waals surface area (Å²) in [6.07, 6.45) is 3.50. The van der Waals surface area contributed by atoms with Crippen LogP contribution in [0.15, 0.2) is 30.6 Å². The molecule has 0 fully saturated rings. The fourth-order valence-corrected chi connectivity index (χ4v) is 1.84. The first kappa shape index (κ1) is 13.6. The van der Waals surface area contributed by atoms with Gasteiger partial charge in [0.2, 0.25) is 0 Å². The van der Waals surface area contributed by atoms with Gasteiger partial charge >= 0.3 is 0 Å². The van der Waals surface area contributed by atoms with Gasteiger partial charge in [-0.05, 0) is 12.6 Å². The van der Waals surface area contributed by atoms with Crippen LogP contribution in [0.3, 0.4) is 0 Å². The molecular formula is C11H11N5O4. The molecule has 20 heavy (non-hydrogen) atoms. The van der Waals surface area contributed by atoms with E-state index in [1.165, 1.54) is 22.9 Å². The standard InChI is InChI=1S/C11H11N5O4/c12-4-3-11-13-5-6-14(11)9-2-1-8(15(17)18)7-10(9)16(19)20/h1-2,5-7H,3-4,12H2. The van der Waals surface area contributed by atoms with Crippen molar-refractivity contribution in [3.63, 3.8) is 0 Å². The first-order valence-electron chi connectivity index (χ1n) is 5.70. The molecule has 1 aromatic carbocycles. The minimum Gasteiger partial charge on any atom is -0.330 e. The molecule has 0 unspecified atom stereocenters. The maximum atomic E-state index is 11.1. The molecule has 0 radical (unpaired) electrons. The Labute approximate surface area is 113 Å². The highest BCUT2D eigenvalue weighted by Gasteiger charge is 2.21. The van der Waals surface area contributed by atoms with Gasteiger partial charge in [0.05, 0.1) is 15.9 Å². The van der Waals surface area contributed by atoms with Crippen molar-refractivity contribution in [1.29, 1.82) is 0 Å². The van der Waals surface area contributed by atoms with Crippen molar-refractivity contribution in [2.45, 2.75) is 6.42 Å². The number of imidazole rings is 1. The second-order valence-electron chi connectivity index (χ2n) is 3.94. The molecule has 1 aromatic heterocycles. The maximum Gasteiger partial charge on any atom is 0.300 e. The average molecular weight is 277 g/mol. The van der Waals surface area contributed by atoms with Crippen molar-refractivity contribution in [3.05, 3.63) is 56.6 Å². The molecule has 0 saturated carbocycles. The first-order valence-corrected chi connectivity index (χ1v) is 5.70. The summed E-state index contributed by atoms with van der Waals surface area (Å²) in [6, 6.07) is 3.48. The number of nitro benzene ring substituents is 2. The Morgan fingerprint density at radius 1 is 1.25 bits per heavy atom. The van der Waals surface area contributed by atoms with Gasteiger partial charge in [-0.25, -0.2) is 4.98 Å².